The summed E-state index contributed by atoms with van der Waals surface area (Å²) in [6, 6.07) is 12.6. The molecule has 0 atom stereocenters. The van der Waals surface area contributed by atoms with Crippen molar-refractivity contribution in [3.05, 3.63) is 82.0 Å². The first-order valence-electron chi connectivity index (χ1n) is 9.96. The zero-order valence-electron chi connectivity index (χ0n) is 18.7. The highest BCUT2D eigenvalue weighted by Gasteiger charge is 2.20. The Morgan fingerprint density at radius 2 is 1.82 bits per heavy atom. The molecule has 0 radical (unpaired) electrons. The van der Waals surface area contributed by atoms with Crippen LogP contribution in [0.15, 0.2) is 65.7 Å². The first kappa shape index (κ1) is 24.5. The topological polar surface area (TPSA) is 144 Å². The van der Waals surface area contributed by atoms with Crippen molar-refractivity contribution in [3.8, 4) is 5.75 Å². The van der Waals surface area contributed by atoms with Gasteiger partial charge in [-0.05, 0) is 42.0 Å². The lowest BCUT2D eigenvalue weighted by Crippen LogP contribution is -2.23. The number of sulfonamides is 1. The Bertz CT molecular complexity index is 1290. The smallest absolute Gasteiger partial charge is 0.271 e. The van der Waals surface area contributed by atoms with Crippen molar-refractivity contribution in [1.29, 1.82) is 0 Å². The minimum atomic E-state index is -4.09. The lowest BCUT2D eigenvalue weighted by molar-refractivity contribution is -0.384. The van der Waals surface area contributed by atoms with E-state index in [1.807, 2.05) is 31.1 Å². The van der Waals surface area contributed by atoms with E-state index in [2.05, 4.69) is 15.0 Å². The van der Waals surface area contributed by atoms with Crippen LogP contribution >= 0.6 is 0 Å². The number of hydrogen-bond donors (Lipinski definition) is 2. The Balaban J connectivity index is 1.70. The Kier molecular flexibility index (Phi) is 7.31. The number of aromatic nitrogens is 1. The van der Waals surface area contributed by atoms with Gasteiger partial charge >= 0.3 is 0 Å². The van der Waals surface area contributed by atoms with Gasteiger partial charge in [0.05, 0.1) is 22.6 Å². The minimum Gasteiger partial charge on any atom is -0.495 e. The highest BCUT2D eigenvalue weighted by atomic mass is 32.2. The minimum absolute atomic E-state index is 0.0765. The quantitative estimate of drug-likeness (QED) is 0.348. The number of benzene rings is 2. The van der Waals surface area contributed by atoms with Crippen LogP contribution in [0.1, 0.15) is 15.9 Å². The summed E-state index contributed by atoms with van der Waals surface area (Å²) in [6.07, 6.45) is 1.67. The van der Waals surface area contributed by atoms with Gasteiger partial charge in [0.25, 0.3) is 21.6 Å². The monoisotopic (exact) mass is 485 g/mol. The number of methoxy groups -OCH3 is 1. The molecule has 0 spiro atoms. The summed E-state index contributed by atoms with van der Waals surface area (Å²) in [5.41, 5.74) is 0.711. The SMILES string of the molecule is COc1ccc([N+](=O)[O-])cc1NS(=O)(=O)c1ccc(C(=O)NCc2ccc(N(C)C)nc2)cc1. The number of ether oxygens (including phenoxy) is 1. The molecule has 3 rings (SSSR count). The Labute approximate surface area is 196 Å². The second kappa shape index (κ2) is 10.2. The van der Waals surface area contributed by atoms with Crippen LogP contribution in [0.4, 0.5) is 17.2 Å². The van der Waals surface area contributed by atoms with E-state index >= 15 is 0 Å². The molecule has 1 aromatic heterocycles. The maximum atomic E-state index is 12.8. The fraction of sp³-hybridized carbons (Fsp3) is 0.182. The lowest BCUT2D eigenvalue weighted by atomic mass is 10.2. The van der Waals surface area contributed by atoms with Gasteiger partial charge in [0.2, 0.25) is 0 Å². The van der Waals surface area contributed by atoms with Crippen molar-refractivity contribution in [1.82, 2.24) is 10.3 Å². The molecule has 0 saturated carbocycles. The molecule has 34 heavy (non-hydrogen) atoms. The first-order chi connectivity index (χ1) is 16.1. The molecule has 0 aliphatic carbocycles. The molecule has 1 heterocycles. The summed E-state index contributed by atoms with van der Waals surface area (Å²) in [7, 11) is 0.981. The number of carbonyl (C=O) groups is 1. The van der Waals surface area contributed by atoms with Crippen LogP contribution in [-0.2, 0) is 16.6 Å². The molecule has 0 saturated heterocycles. The number of amides is 1. The zero-order valence-corrected chi connectivity index (χ0v) is 19.5. The number of hydrogen-bond acceptors (Lipinski definition) is 8. The molecule has 11 nitrogen and oxygen atoms in total. The van der Waals surface area contributed by atoms with Crippen LogP contribution in [0.5, 0.6) is 5.75 Å². The van der Waals surface area contributed by atoms with E-state index in [-0.39, 0.29) is 40.0 Å². The molecule has 3 aromatic rings. The van der Waals surface area contributed by atoms with E-state index in [0.717, 1.165) is 17.4 Å². The van der Waals surface area contributed by atoms with Gasteiger partial charge in [0.15, 0.2) is 0 Å². The van der Waals surface area contributed by atoms with Crippen LogP contribution in [0, 0.1) is 10.1 Å². The van der Waals surface area contributed by atoms with Gasteiger partial charge in [-0.2, -0.15) is 0 Å². The van der Waals surface area contributed by atoms with Gasteiger partial charge in [-0.3, -0.25) is 19.6 Å². The number of non-ortho nitro benzene ring substituents is 1. The van der Waals surface area contributed by atoms with Gasteiger partial charge in [0.1, 0.15) is 11.6 Å². The van der Waals surface area contributed by atoms with E-state index in [9.17, 15) is 23.3 Å². The predicted octanol–water partition coefficient (Wildman–Crippen LogP) is 2.80. The second-order valence-electron chi connectivity index (χ2n) is 7.37. The average Bonchev–Trinajstić information content (AvgIpc) is 2.82. The largest absolute Gasteiger partial charge is 0.495 e. The van der Waals surface area contributed by atoms with E-state index < -0.39 is 14.9 Å². The summed E-state index contributed by atoms with van der Waals surface area (Å²) < 4.78 is 32.9. The molecule has 0 unspecified atom stereocenters. The summed E-state index contributed by atoms with van der Waals surface area (Å²) >= 11 is 0. The number of nitrogens with zero attached hydrogens (tertiary/aromatic N) is 3. The first-order valence-corrected chi connectivity index (χ1v) is 11.4. The van der Waals surface area contributed by atoms with Gasteiger partial charge < -0.3 is 15.0 Å². The molecule has 2 N–H and O–H groups in total. The number of anilines is 2. The van der Waals surface area contributed by atoms with Gasteiger partial charge in [-0.15, -0.1) is 0 Å². The molecule has 12 heteroatoms. The van der Waals surface area contributed by atoms with Crippen LogP contribution < -0.4 is 19.7 Å². The summed E-state index contributed by atoms with van der Waals surface area (Å²) in [5.74, 6) is 0.537. The number of rotatable bonds is 9. The highest BCUT2D eigenvalue weighted by Crippen LogP contribution is 2.30. The lowest BCUT2D eigenvalue weighted by Gasteiger charge is -2.12. The normalized spacial score (nSPS) is 10.9. The molecule has 0 aliphatic rings. The zero-order chi connectivity index (χ0) is 24.9. The Morgan fingerprint density at radius 1 is 1.12 bits per heavy atom. The average molecular weight is 486 g/mol. The van der Waals surface area contributed by atoms with Crippen molar-refractivity contribution in [2.24, 2.45) is 0 Å². The van der Waals surface area contributed by atoms with Crippen molar-refractivity contribution >= 4 is 33.1 Å². The number of carbonyl (C=O) groups excluding carboxylic acids is 1. The van der Waals surface area contributed by atoms with Gasteiger partial charge in [-0.1, -0.05) is 6.07 Å². The van der Waals surface area contributed by atoms with Gasteiger partial charge in [-0.25, -0.2) is 13.4 Å². The molecule has 1 amide bonds. The number of nitro groups is 1. The third-order valence-corrected chi connectivity index (χ3v) is 6.17. The van der Waals surface area contributed by atoms with Gasteiger partial charge in [0, 0.05) is 44.5 Å². The Morgan fingerprint density at radius 3 is 2.38 bits per heavy atom. The molecular formula is C22H23N5O6S. The molecular weight excluding hydrogens is 462 g/mol. The van der Waals surface area contributed by atoms with E-state index in [1.165, 1.54) is 43.5 Å². The summed E-state index contributed by atoms with van der Waals surface area (Å²) in [6.45, 7) is 0.258. The number of nitrogens with one attached hydrogen (secondary N) is 2. The molecule has 0 aliphatic heterocycles. The van der Waals surface area contributed by atoms with Crippen LogP contribution in [-0.4, -0.2) is 45.4 Å². The van der Waals surface area contributed by atoms with Crippen LogP contribution in [0.2, 0.25) is 0 Å². The summed E-state index contributed by atoms with van der Waals surface area (Å²) in [4.78, 5) is 28.8. The molecule has 2 aromatic carbocycles. The molecule has 178 valence electrons. The van der Waals surface area contributed by atoms with Crippen LogP contribution in [0.25, 0.3) is 0 Å². The van der Waals surface area contributed by atoms with Crippen molar-refractivity contribution in [2.75, 3.05) is 30.8 Å². The summed E-state index contributed by atoms with van der Waals surface area (Å²) in [5, 5.41) is 13.8. The molecule has 0 fully saturated rings. The number of pyridine rings is 1. The highest BCUT2D eigenvalue weighted by molar-refractivity contribution is 7.92. The fourth-order valence-electron chi connectivity index (χ4n) is 2.95. The van der Waals surface area contributed by atoms with Crippen molar-refractivity contribution < 1.29 is 22.9 Å². The van der Waals surface area contributed by atoms with E-state index in [4.69, 9.17) is 4.74 Å². The second-order valence-corrected chi connectivity index (χ2v) is 9.06. The number of nitro benzene ring substituents is 1. The third-order valence-electron chi connectivity index (χ3n) is 4.79. The van der Waals surface area contributed by atoms with Crippen molar-refractivity contribution in [2.45, 2.75) is 11.4 Å². The Hall–Kier alpha value is -4.19. The van der Waals surface area contributed by atoms with Crippen molar-refractivity contribution in [3.63, 3.8) is 0 Å². The molecule has 0 bridgehead atoms. The third kappa shape index (κ3) is 5.78. The predicted molar refractivity (Wildman–Crippen MR) is 127 cm³/mol. The fourth-order valence-corrected chi connectivity index (χ4v) is 4.01. The maximum absolute atomic E-state index is 12.8. The van der Waals surface area contributed by atoms with E-state index in [1.54, 1.807) is 6.20 Å². The standard InChI is InChI=1S/C22H23N5O6S/c1-26(2)21-11-4-15(13-23-21)14-24-22(28)16-5-8-18(9-6-16)34(31,32)25-19-12-17(27(29)30)7-10-20(19)33-3/h4-13,25H,14H2,1-3H3,(H,24,28). The van der Waals surface area contributed by atoms with Crippen LogP contribution in [0.3, 0.4) is 0 Å². The maximum Gasteiger partial charge on any atom is 0.271 e. The van der Waals surface area contributed by atoms with E-state index in [0.29, 0.717) is 0 Å².